The number of H-pyrrole nitrogens is 1. The van der Waals surface area contributed by atoms with E-state index in [1.165, 1.54) is 13.1 Å². The van der Waals surface area contributed by atoms with E-state index in [1.54, 1.807) is 0 Å². The van der Waals surface area contributed by atoms with Gasteiger partial charge in [-0.2, -0.15) is 5.10 Å². The second-order valence-corrected chi connectivity index (χ2v) is 5.76. The molecule has 2 aromatic rings. The molecule has 0 fully saturated rings. The minimum absolute atomic E-state index is 0.0319. The van der Waals surface area contributed by atoms with Crippen molar-refractivity contribution in [3.05, 3.63) is 41.1 Å². The lowest BCUT2D eigenvalue weighted by molar-refractivity contribution is 0.0696. The Morgan fingerprint density at radius 3 is 2.57 bits per heavy atom. The van der Waals surface area contributed by atoms with Crippen LogP contribution in [0.1, 0.15) is 15.9 Å². The van der Waals surface area contributed by atoms with Crippen LogP contribution in [0, 0.1) is 18.6 Å². The maximum Gasteiger partial charge on any atom is 0.335 e. The van der Waals surface area contributed by atoms with Gasteiger partial charge in [0.2, 0.25) is 0 Å². The van der Waals surface area contributed by atoms with Gasteiger partial charge in [0.25, 0.3) is 10.0 Å². The molecule has 21 heavy (non-hydrogen) atoms. The van der Waals surface area contributed by atoms with E-state index in [0.29, 0.717) is 17.7 Å². The van der Waals surface area contributed by atoms with Crippen LogP contribution < -0.4 is 4.72 Å². The number of carboxylic acid groups (broad SMARTS) is 1. The number of halogens is 2. The van der Waals surface area contributed by atoms with Gasteiger partial charge >= 0.3 is 5.97 Å². The first-order valence-corrected chi connectivity index (χ1v) is 6.96. The Balaban J connectivity index is 2.54. The molecule has 0 aliphatic carbocycles. The number of benzene rings is 1. The predicted octanol–water partition coefficient (Wildman–Crippen LogP) is 1.50. The predicted molar refractivity (Wildman–Crippen MR) is 67.5 cm³/mol. The van der Waals surface area contributed by atoms with Crippen LogP contribution in [0.4, 0.5) is 14.6 Å². The van der Waals surface area contributed by atoms with Gasteiger partial charge in [-0.1, -0.05) is 0 Å². The van der Waals surface area contributed by atoms with E-state index >= 15 is 0 Å². The van der Waals surface area contributed by atoms with E-state index in [1.807, 2.05) is 4.72 Å². The molecule has 0 bridgehead atoms. The molecule has 3 N–H and O–H groups in total. The maximum absolute atomic E-state index is 13.7. The molecule has 0 aliphatic rings. The molecule has 0 radical (unpaired) electrons. The normalized spacial score (nSPS) is 11.4. The number of nitrogens with one attached hydrogen (secondary N) is 2. The second kappa shape index (κ2) is 5.13. The van der Waals surface area contributed by atoms with Gasteiger partial charge in [-0.05, 0) is 19.1 Å². The van der Waals surface area contributed by atoms with Gasteiger partial charge in [0.1, 0.15) is 10.7 Å². The Hall–Kier alpha value is -2.49. The van der Waals surface area contributed by atoms with Crippen molar-refractivity contribution < 1.29 is 27.1 Å². The van der Waals surface area contributed by atoms with Gasteiger partial charge in [-0.3, -0.25) is 9.82 Å². The summed E-state index contributed by atoms with van der Waals surface area (Å²) in [6.07, 6.45) is 1.32. The number of aryl methyl sites for hydroxylation is 1. The van der Waals surface area contributed by atoms with Gasteiger partial charge in [0, 0.05) is 5.56 Å². The Morgan fingerprint density at radius 1 is 1.38 bits per heavy atom. The van der Waals surface area contributed by atoms with Crippen molar-refractivity contribution in [1.82, 2.24) is 10.2 Å². The molecule has 112 valence electrons. The summed E-state index contributed by atoms with van der Waals surface area (Å²) >= 11 is 0. The number of hydrogen-bond donors (Lipinski definition) is 3. The quantitative estimate of drug-likeness (QED) is 0.791. The molecular formula is C11H9F2N3O4S. The van der Waals surface area contributed by atoms with Crippen LogP contribution in [0.25, 0.3) is 0 Å². The van der Waals surface area contributed by atoms with Crippen molar-refractivity contribution >= 4 is 21.8 Å². The summed E-state index contributed by atoms with van der Waals surface area (Å²) in [6, 6.07) is 0.937. The number of aromatic amines is 1. The number of aromatic nitrogens is 2. The minimum Gasteiger partial charge on any atom is -0.478 e. The van der Waals surface area contributed by atoms with Crippen molar-refractivity contribution in [1.29, 1.82) is 0 Å². The third-order valence-corrected chi connectivity index (χ3v) is 3.95. The Labute approximate surface area is 117 Å². The number of sulfonamides is 1. The molecular weight excluding hydrogens is 308 g/mol. The van der Waals surface area contributed by atoms with Crippen molar-refractivity contribution in [2.24, 2.45) is 0 Å². The van der Waals surface area contributed by atoms with Crippen LogP contribution in [0.5, 0.6) is 0 Å². The van der Waals surface area contributed by atoms with Gasteiger partial charge < -0.3 is 5.11 Å². The molecule has 0 saturated heterocycles. The highest BCUT2D eigenvalue weighted by Gasteiger charge is 2.25. The molecule has 0 saturated carbocycles. The van der Waals surface area contributed by atoms with Crippen LogP contribution in [-0.2, 0) is 10.0 Å². The zero-order chi connectivity index (χ0) is 15.8. The third kappa shape index (κ3) is 2.84. The fourth-order valence-electron chi connectivity index (χ4n) is 1.52. The average molecular weight is 317 g/mol. The second-order valence-electron chi connectivity index (χ2n) is 4.11. The maximum atomic E-state index is 13.7. The lowest BCUT2D eigenvalue weighted by Crippen LogP contribution is -2.17. The molecule has 2 rings (SSSR count). The Morgan fingerprint density at radius 2 is 2.05 bits per heavy atom. The van der Waals surface area contributed by atoms with E-state index < -0.39 is 38.1 Å². The number of rotatable bonds is 4. The van der Waals surface area contributed by atoms with E-state index in [9.17, 15) is 22.0 Å². The van der Waals surface area contributed by atoms with Gasteiger partial charge in [0.05, 0.1) is 11.8 Å². The van der Waals surface area contributed by atoms with E-state index in [4.69, 9.17) is 5.11 Å². The summed E-state index contributed by atoms with van der Waals surface area (Å²) in [4.78, 5) is 9.69. The summed E-state index contributed by atoms with van der Waals surface area (Å²) in [5.74, 6) is -4.85. The lowest BCUT2D eigenvalue weighted by Gasteiger charge is -2.09. The topological polar surface area (TPSA) is 112 Å². The minimum atomic E-state index is -4.51. The van der Waals surface area contributed by atoms with Crippen molar-refractivity contribution in [3.8, 4) is 0 Å². The zero-order valence-electron chi connectivity index (χ0n) is 10.5. The van der Waals surface area contributed by atoms with Crippen LogP contribution in [0.2, 0.25) is 0 Å². The fourth-order valence-corrected chi connectivity index (χ4v) is 2.72. The molecule has 0 unspecified atom stereocenters. The first-order valence-electron chi connectivity index (χ1n) is 5.47. The number of hydrogen-bond acceptors (Lipinski definition) is 4. The first kappa shape index (κ1) is 14.9. The summed E-state index contributed by atoms with van der Waals surface area (Å²) in [5.41, 5.74) is -0.260. The molecule has 0 aliphatic heterocycles. The van der Waals surface area contributed by atoms with E-state index in [2.05, 4.69) is 10.2 Å². The number of anilines is 1. The number of carbonyl (C=O) groups is 1. The summed E-state index contributed by atoms with van der Waals surface area (Å²) in [5, 5.41) is 14.7. The first-order chi connectivity index (χ1) is 9.72. The fraction of sp³-hybridized carbons (Fsp3) is 0.0909. The van der Waals surface area contributed by atoms with Crippen LogP contribution >= 0.6 is 0 Å². The zero-order valence-corrected chi connectivity index (χ0v) is 11.3. The SMILES string of the molecule is Cc1cn[nH]c1NS(=O)(=O)c1cc(C(=O)O)cc(F)c1F. The summed E-state index contributed by atoms with van der Waals surface area (Å²) in [7, 11) is -4.51. The number of nitrogens with zero attached hydrogens (tertiary/aromatic N) is 1. The van der Waals surface area contributed by atoms with Crippen LogP contribution in [0.15, 0.2) is 23.2 Å². The van der Waals surface area contributed by atoms with Crippen molar-refractivity contribution in [2.45, 2.75) is 11.8 Å². The summed E-state index contributed by atoms with van der Waals surface area (Å²) < 4.78 is 53.0. The Kier molecular flexibility index (Phi) is 3.64. The average Bonchev–Trinajstić information content (AvgIpc) is 2.77. The van der Waals surface area contributed by atoms with Gasteiger partial charge in [0.15, 0.2) is 11.6 Å². The molecule has 0 spiro atoms. The molecule has 7 nitrogen and oxygen atoms in total. The molecule has 0 amide bonds. The highest BCUT2D eigenvalue weighted by Crippen LogP contribution is 2.23. The van der Waals surface area contributed by atoms with Gasteiger partial charge in [-0.15, -0.1) is 0 Å². The summed E-state index contributed by atoms with van der Waals surface area (Å²) in [6.45, 7) is 1.53. The molecule has 1 heterocycles. The lowest BCUT2D eigenvalue weighted by atomic mass is 10.2. The van der Waals surface area contributed by atoms with E-state index in [-0.39, 0.29) is 5.82 Å². The smallest absolute Gasteiger partial charge is 0.335 e. The highest BCUT2D eigenvalue weighted by atomic mass is 32.2. The van der Waals surface area contributed by atoms with Crippen LogP contribution in [0.3, 0.4) is 0 Å². The monoisotopic (exact) mass is 317 g/mol. The molecule has 0 atom stereocenters. The third-order valence-electron chi connectivity index (χ3n) is 2.60. The highest BCUT2D eigenvalue weighted by molar-refractivity contribution is 7.92. The van der Waals surface area contributed by atoms with Crippen LogP contribution in [-0.4, -0.2) is 29.7 Å². The Bertz CT molecular complexity index is 817. The standard InChI is InChI=1S/C11H9F2N3O4S/c1-5-4-14-15-10(5)16-21(19,20)8-3-6(11(17)18)2-7(12)9(8)13/h2-4H,1H3,(H,17,18)(H2,14,15,16). The van der Waals surface area contributed by atoms with Crippen molar-refractivity contribution in [2.75, 3.05) is 4.72 Å². The largest absolute Gasteiger partial charge is 0.478 e. The number of aromatic carboxylic acids is 1. The van der Waals surface area contributed by atoms with Gasteiger partial charge in [-0.25, -0.2) is 22.0 Å². The molecule has 1 aromatic carbocycles. The van der Waals surface area contributed by atoms with E-state index in [0.717, 1.165) is 0 Å². The molecule has 1 aromatic heterocycles. The molecule has 10 heteroatoms. The number of carboxylic acids is 1. The van der Waals surface area contributed by atoms with Crippen molar-refractivity contribution in [3.63, 3.8) is 0 Å².